The van der Waals surface area contributed by atoms with E-state index in [-0.39, 0.29) is 41.9 Å². The second kappa shape index (κ2) is 10.9. The third-order valence-corrected chi connectivity index (χ3v) is 8.10. The third-order valence-electron chi connectivity index (χ3n) is 8.10. The van der Waals surface area contributed by atoms with Gasteiger partial charge in [0.05, 0.1) is 0 Å². The van der Waals surface area contributed by atoms with Crippen LogP contribution >= 0.6 is 0 Å². The van der Waals surface area contributed by atoms with Crippen LogP contribution in [-0.4, -0.2) is 71.7 Å². The molecule has 3 fully saturated rings. The largest absolute Gasteiger partial charge is 0.357 e. The summed E-state index contributed by atoms with van der Waals surface area (Å²) in [5, 5.41) is 5.72. The molecule has 0 aromatic rings. The molecule has 34 heavy (non-hydrogen) atoms. The summed E-state index contributed by atoms with van der Waals surface area (Å²) in [6.07, 6.45) is 14.0. The van der Waals surface area contributed by atoms with Crippen molar-refractivity contribution >= 4 is 23.6 Å². The summed E-state index contributed by atoms with van der Waals surface area (Å²) < 4.78 is 0. The summed E-state index contributed by atoms with van der Waals surface area (Å²) >= 11 is 0. The number of piperidine rings is 1. The van der Waals surface area contributed by atoms with E-state index in [1.54, 1.807) is 11.9 Å². The number of nitrogens with one attached hydrogen (secondary N) is 2. The maximum absolute atomic E-state index is 13.7. The quantitative estimate of drug-likeness (QED) is 0.615. The van der Waals surface area contributed by atoms with Gasteiger partial charge in [-0.1, -0.05) is 25.0 Å². The van der Waals surface area contributed by atoms with Crippen molar-refractivity contribution in [1.29, 1.82) is 0 Å². The first kappa shape index (κ1) is 24.7. The van der Waals surface area contributed by atoms with Gasteiger partial charge in [-0.2, -0.15) is 0 Å². The molecule has 1 aliphatic carbocycles. The number of carbonyl (C=O) groups is 4. The van der Waals surface area contributed by atoms with Crippen molar-refractivity contribution in [3.05, 3.63) is 12.2 Å². The van der Waals surface area contributed by atoms with Gasteiger partial charge in [-0.15, -0.1) is 0 Å². The number of hydrogen-bond donors (Lipinski definition) is 2. The number of amides is 4. The highest BCUT2D eigenvalue weighted by Crippen LogP contribution is 2.45. The molecule has 0 radical (unpaired) electrons. The highest BCUT2D eigenvalue weighted by molar-refractivity contribution is 5.98. The molecule has 0 bridgehead atoms. The number of likely N-dealkylation sites (N-methyl/N-ethyl adjacent to an activating group) is 1. The number of hydrogen-bond acceptors (Lipinski definition) is 4. The third kappa shape index (κ3) is 5.31. The maximum Gasteiger partial charge on any atom is 0.246 e. The van der Waals surface area contributed by atoms with Crippen LogP contribution in [0.2, 0.25) is 0 Å². The molecule has 8 heteroatoms. The Kier molecular flexibility index (Phi) is 7.94. The van der Waals surface area contributed by atoms with Crippen molar-refractivity contribution in [1.82, 2.24) is 20.4 Å². The van der Waals surface area contributed by atoms with Crippen molar-refractivity contribution < 1.29 is 19.2 Å². The van der Waals surface area contributed by atoms with Crippen LogP contribution in [0.1, 0.15) is 77.0 Å². The van der Waals surface area contributed by atoms with E-state index in [1.165, 1.54) is 0 Å². The van der Waals surface area contributed by atoms with Gasteiger partial charge in [0.25, 0.3) is 0 Å². The van der Waals surface area contributed by atoms with E-state index in [0.29, 0.717) is 25.8 Å². The average Bonchev–Trinajstić information content (AvgIpc) is 3.31. The first-order chi connectivity index (χ1) is 16.5. The molecule has 8 nitrogen and oxygen atoms in total. The molecule has 0 unspecified atom stereocenters. The van der Waals surface area contributed by atoms with E-state index in [9.17, 15) is 19.2 Å². The van der Waals surface area contributed by atoms with Crippen LogP contribution in [0, 0.1) is 11.8 Å². The summed E-state index contributed by atoms with van der Waals surface area (Å²) in [6, 6.07) is -0.572. The van der Waals surface area contributed by atoms with E-state index in [2.05, 4.69) is 22.8 Å². The molecule has 4 aliphatic rings. The second-order valence-electron chi connectivity index (χ2n) is 10.4. The highest BCUT2D eigenvalue weighted by atomic mass is 16.2. The standard InChI is InChI=1S/C26H40N4O4/c1-27-25(34)26-18-20(26)12-7-4-2-3-6-11-19(17-22(31)29-14-8-5-9-15-29)24(33)30-16-10-13-21(30)23(32)28-26/h7,12,19-21H,2-6,8-11,13-18H2,1H3,(H,27,34)(H,28,32)/b12-7-/t19-,20-,21+,26-/m1/s1. The molecule has 1 saturated carbocycles. The van der Waals surface area contributed by atoms with E-state index < -0.39 is 11.6 Å². The Morgan fingerprint density at radius 1 is 1.03 bits per heavy atom. The second-order valence-corrected chi connectivity index (χ2v) is 10.4. The number of carbonyl (C=O) groups excluding carboxylic acids is 4. The molecule has 4 rings (SSSR count). The number of fused-ring (bicyclic) bond motifs is 2. The first-order valence-corrected chi connectivity index (χ1v) is 13.3. The van der Waals surface area contributed by atoms with Crippen LogP contribution in [-0.2, 0) is 19.2 Å². The Morgan fingerprint density at radius 3 is 2.56 bits per heavy atom. The zero-order valence-corrected chi connectivity index (χ0v) is 20.5. The van der Waals surface area contributed by atoms with Gasteiger partial charge in [-0.05, 0) is 57.8 Å². The van der Waals surface area contributed by atoms with Gasteiger partial charge in [0, 0.05) is 44.9 Å². The minimum atomic E-state index is -0.913. The molecule has 4 atom stereocenters. The number of rotatable bonds is 3. The Balaban J connectivity index is 1.52. The molecule has 4 amide bonds. The summed E-state index contributed by atoms with van der Waals surface area (Å²) in [6.45, 7) is 2.09. The van der Waals surface area contributed by atoms with Gasteiger partial charge in [0.1, 0.15) is 11.6 Å². The van der Waals surface area contributed by atoms with Crippen molar-refractivity contribution in [3.63, 3.8) is 0 Å². The monoisotopic (exact) mass is 472 g/mol. The number of likely N-dealkylation sites (tertiary alicyclic amines) is 1. The average molecular weight is 473 g/mol. The fourth-order valence-electron chi connectivity index (χ4n) is 5.93. The van der Waals surface area contributed by atoms with Gasteiger partial charge >= 0.3 is 0 Å². The lowest BCUT2D eigenvalue weighted by molar-refractivity contribution is -0.145. The SMILES string of the molecule is CNC(=O)[C@@]12C[C@H]1/C=C\CCCCC[C@H](CC(=O)N1CCCCC1)C(=O)N1CCC[C@H]1C(=O)N2. The van der Waals surface area contributed by atoms with Crippen molar-refractivity contribution in [2.75, 3.05) is 26.7 Å². The Bertz CT molecular complexity index is 822. The van der Waals surface area contributed by atoms with Crippen molar-refractivity contribution in [2.24, 2.45) is 11.8 Å². The lowest BCUT2D eigenvalue weighted by Gasteiger charge is -2.31. The smallest absolute Gasteiger partial charge is 0.246 e. The van der Waals surface area contributed by atoms with Crippen LogP contribution in [0.5, 0.6) is 0 Å². The normalized spacial score (nSPS) is 33.6. The summed E-state index contributed by atoms with van der Waals surface area (Å²) in [5.41, 5.74) is -0.913. The Hall–Kier alpha value is -2.38. The van der Waals surface area contributed by atoms with Gasteiger partial charge in [-0.3, -0.25) is 19.2 Å². The lowest BCUT2D eigenvalue weighted by atomic mass is 9.94. The maximum atomic E-state index is 13.7. The molecule has 188 valence electrons. The first-order valence-electron chi connectivity index (χ1n) is 13.3. The fraction of sp³-hybridized carbons (Fsp3) is 0.769. The minimum absolute atomic E-state index is 0.0120. The molecule has 0 aromatic heterocycles. The topological polar surface area (TPSA) is 98.8 Å². The van der Waals surface area contributed by atoms with E-state index in [0.717, 1.165) is 64.5 Å². The molecule has 3 aliphatic heterocycles. The molecule has 0 spiro atoms. The highest BCUT2D eigenvalue weighted by Gasteiger charge is 2.60. The minimum Gasteiger partial charge on any atom is -0.357 e. The fourth-order valence-corrected chi connectivity index (χ4v) is 5.93. The molecule has 3 heterocycles. The summed E-state index contributed by atoms with van der Waals surface area (Å²) in [4.78, 5) is 56.3. The van der Waals surface area contributed by atoms with E-state index in [1.807, 2.05) is 4.90 Å². The Labute approximate surface area is 202 Å². The van der Waals surface area contributed by atoms with Crippen molar-refractivity contribution in [2.45, 2.75) is 88.6 Å². The predicted molar refractivity (Wildman–Crippen MR) is 129 cm³/mol. The molecule has 2 N–H and O–H groups in total. The molecular weight excluding hydrogens is 432 g/mol. The van der Waals surface area contributed by atoms with Crippen LogP contribution in [0.25, 0.3) is 0 Å². The van der Waals surface area contributed by atoms with Crippen LogP contribution in [0.3, 0.4) is 0 Å². The summed E-state index contributed by atoms with van der Waals surface area (Å²) in [5.74, 6) is -0.829. The summed E-state index contributed by atoms with van der Waals surface area (Å²) in [7, 11) is 1.59. The predicted octanol–water partition coefficient (Wildman–Crippen LogP) is 2.14. The van der Waals surface area contributed by atoms with E-state index >= 15 is 0 Å². The van der Waals surface area contributed by atoms with Crippen LogP contribution in [0.4, 0.5) is 0 Å². The lowest BCUT2D eigenvalue weighted by Crippen LogP contribution is -2.55. The molecule has 2 saturated heterocycles. The number of allylic oxidation sites excluding steroid dienone is 1. The Morgan fingerprint density at radius 2 is 1.79 bits per heavy atom. The van der Waals surface area contributed by atoms with Crippen LogP contribution in [0.15, 0.2) is 12.2 Å². The number of nitrogens with zero attached hydrogens (tertiary/aromatic N) is 2. The van der Waals surface area contributed by atoms with Gasteiger partial charge in [0.15, 0.2) is 0 Å². The van der Waals surface area contributed by atoms with E-state index in [4.69, 9.17) is 0 Å². The van der Waals surface area contributed by atoms with Crippen LogP contribution < -0.4 is 10.6 Å². The molecule has 0 aromatic carbocycles. The molecular formula is C26H40N4O4. The van der Waals surface area contributed by atoms with Gasteiger partial charge < -0.3 is 20.4 Å². The zero-order valence-electron chi connectivity index (χ0n) is 20.5. The van der Waals surface area contributed by atoms with Gasteiger partial charge in [0.2, 0.25) is 23.6 Å². The zero-order chi connectivity index (χ0) is 24.1. The van der Waals surface area contributed by atoms with Gasteiger partial charge in [-0.25, -0.2) is 0 Å². The van der Waals surface area contributed by atoms with Crippen molar-refractivity contribution in [3.8, 4) is 0 Å².